The Kier molecular flexibility index (Phi) is 5.34. The number of carbonyl (C=O) groups is 1. The molecule has 1 heterocycles. The van der Waals surface area contributed by atoms with E-state index in [1.54, 1.807) is 16.8 Å². The Labute approximate surface area is 132 Å². The Balaban J connectivity index is 2.35. The fraction of sp³-hybridized carbons (Fsp3) is 0.429. The van der Waals surface area contributed by atoms with Crippen LogP contribution in [0.1, 0.15) is 12.8 Å². The molecule has 0 bridgehead atoms. The van der Waals surface area contributed by atoms with E-state index in [-0.39, 0.29) is 6.42 Å². The molecule has 0 aliphatic rings. The summed E-state index contributed by atoms with van der Waals surface area (Å²) in [7, 11) is 4.57. The van der Waals surface area contributed by atoms with E-state index in [1.165, 1.54) is 21.3 Å². The number of carboxylic acids is 1. The molecule has 1 aromatic carbocycles. The number of methoxy groups -OCH3 is 3. The Morgan fingerprint density at radius 3 is 2.35 bits per heavy atom. The highest BCUT2D eigenvalue weighted by atomic mass is 16.5. The molecular weight excluding hydrogens is 304 g/mol. The summed E-state index contributed by atoms with van der Waals surface area (Å²) in [6.45, 7) is 0.394. The van der Waals surface area contributed by atoms with Gasteiger partial charge in [-0.05, 0) is 29.0 Å². The van der Waals surface area contributed by atoms with Crippen LogP contribution < -0.4 is 14.2 Å². The average molecular weight is 322 g/mol. The number of ether oxygens (including phenoxy) is 3. The molecule has 0 amide bonds. The molecular formula is C14H18N4O5. The SMILES string of the molecule is COc1cc(-c2nnnn2CCCC(=O)O)cc(OC)c1OC. The molecule has 0 spiro atoms. The van der Waals surface area contributed by atoms with Crippen LogP contribution in [0.15, 0.2) is 12.1 Å². The van der Waals surface area contributed by atoms with E-state index < -0.39 is 5.97 Å². The molecule has 23 heavy (non-hydrogen) atoms. The first-order valence-electron chi connectivity index (χ1n) is 6.89. The highest BCUT2D eigenvalue weighted by molar-refractivity contribution is 5.67. The molecule has 0 fully saturated rings. The smallest absolute Gasteiger partial charge is 0.303 e. The van der Waals surface area contributed by atoms with Crippen molar-refractivity contribution in [2.75, 3.05) is 21.3 Å². The van der Waals surface area contributed by atoms with Crippen molar-refractivity contribution in [3.8, 4) is 28.6 Å². The van der Waals surface area contributed by atoms with Gasteiger partial charge in [0, 0.05) is 18.5 Å². The number of hydrogen-bond donors (Lipinski definition) is 1. The second-order valence-corrected chi connectivity index (χ2v) is 4.64. The third kappa shape index (κ3) is 3.68. The fourth-order valence-electron chi connectivity index (χ4n) is 2.15. The lowest BCUT2D eigenvalue weighted by Gasteiger charge is -2.13. The van der Waals surface area contributed by atoms with Crippen molar-refractivity contribution < 1.29 is 24.1 Å². The van der Waals surface area contributed by atoms with Crippen molar-refractivity contribution in [1.29, 1.82) is 0 Å². The minimum atomic E-state index is -0.854. The van der Waals surface area contributed by atoms with Crippen molar-refractivity contribution in [1.82, 2.24) is 20.2 Å². The van der Waals surface area contributed by atoms with Crippen LogP contribution in [0, 0.1) is 0 Å². The molecule has 0 aliphatic heterocycles. The van der Waals surface area contributed by atoms with Crippen molar-refractivity contribution in [3.63, 3.8) is 0 Å². The second-order valence-electron chi connectivity index (χ2n) is 4.64. The molecule has 0 atom stereocenters. The quantitative estimate of drug-likeness (QED) is 0.773. The van der Waals surface area contributed by atoms with E-state index in [9.17, 15) is 4.79 Å². The minimum absolute atomic E-state index is 0.0502. The van der Waals surface area contributed by atoms with E-state index in [1.807, 2.05) is 0 Å². The number of aromatic nitrogens is 4. The maximum Gasteiger partial charge on any atom is 0.303 e. The van der Waals surface area contributed by atoms with Gasteiger partial charge in [-0.25, -0.2) is 4.68 Å². The van der Waals surface area contributed by atoms with E-state index in [0.29, 0.717) is 41.6 Å². The number of aliphatic carboxylic acids is 1. The predicted molar refractivity (Wildman–Crippen MR) is 79.8 cm³/mol. The highest BCUT2D eigenvalue weighted by Crippen LogP contribution is 2.40. The highest BCUT2D eigenvalue weighted by Gasteiger charge is 2.17. The van der Waals surface area contributed by atoms with Crippen molar-refractivity contribution in [2.24, 2.45) is 0 Å². The van der Waals surface area contributed by atoms with Gasteiger partial charge in [0.15, 0.2) is 17.3 Å². The lowest BCUT2D eigenvalue weighted by molar-refractivity contribution is -0.137. The number of rotatable bonds is 8. The maximum absolute atomic E-state index is 10.6. The predicted octanol–water partition coefficient (Wildman–Crippen LogP) is 1.23. The van der Waals surface area contributed by atoms with Gasteiger partial charge < -0.3 is 19.3 Å². The van der Waals surface area contributed by atoms with Crippen LogP contribution in [0.25, 0.3) is 11.4 Å². The maximum atomic E-state index is 10.6. The number of benzene rings is 1. The second kappa shape index (κ2) is 7.43. The van der Waals surface area contributed by atoms with Crippen LogP contribution in [-0.4, -0.2) is 52.6 Å². The average Bonchev–Trinajstić information content (AvgIpc) is 3.01. The molecule has 0 saturated carbocycles. The molecule has 2 rings (SSSR count). The first-order valence-corrected chi connectivity index (χ1v) is 6.89. The lowest BCUT2D eigenvalue weighted by atomic mass is 10.1. The van der Waals surface area contributed by atoms with E-state index in [0.717, 1.165) is 0 Å². The molecule has 0 saturated heterocycles. The summed E-state index contributed by atoms with van der Waals surface area (Å²) >= 11 is 0. The van der Waals surface area contributed by atoms with Gasteiger partial charge in [0.1, 0.15) is 0 Å². The van der Waals surface area contributed by atoms with E-state index in [4.69, 9.17) is 19.3 Å². The van der Waals surface area contributed by atoms with Gasteiger partial charge in [-0.1, -0.05) is 0 Å². The topological polar surface area (TPSA) is 109 Å². The fourth-order valence-corrected chi connectivity index (χ4v) is 2.15. The summed E-state index contributed by atoms with van der Waals surface area (Å²) in [5, 5.41) is 20.3. The normalized spacial score (nSPS) is 10.4. The zero-order chi connectivity index (χ0) is 16.8. The van der Waals surface area contributed by atoms with Gasteiger partial charge in [0.25, 0.3) is 0 Å². The first-order chi connectivity index (χ1) is 11.1. The molecule has 0 unspecified atom stereocenters. The molecule has 124 valence electrons. The lowest BCUT2D eigenvalue weighted by Crippen LogP contribution is -2.06. The summed E-state index contributed by atoms with van der Waals surface area (Å²) in [4.78, 5) is 10.6. The first kappa shape index (κ1) is 16.5. The van der Waals surface area contributed by atoms with Crippen LogP contribution in [0.4, 0.5) is 0 Å². The zero-order valence-corrected chi connectivity index (χ0v) is 13.1. The van der Waals surface area contributed by atoms with Crippen molar-refractivity contribution in [3.05, 3.63) is 12.1 Å². The summed E-state index contributed by atoms with van der Waals surface area (Å²) in [5.41, 5.74) is 0.680. The molecule has 9 heteroatoms. The molecule has 1 aromatic heterocycles. The number of aryl methyl sites for hydroxylation is 1. The van der Waals surface area contributed by atoms with Crippen molar-refractivity contribution in [2.45, 2.75) is 19.4 Å². The van der Waals surface area contributed by atoms with E-state index in [2.05, 4.69) is 15.5 Å². The molecule has 2 aromatic rings. The monoisotopic (exact) mass is 322 g/mol. The summed E-state index contributed by atoms with van der Waals surface area (Å²) < 4.78 is 17.4. The van der Waals surface area contributed by atoms with Crippen LogP contribution in [0.3, 0.4) is 0 Å². The third-order valence-corrected chi connectivity index (χ3v) is 3.22. The van der Waals surface area contributed by atoms with Gasteiger partial charge in [0.05, 0.1) is 21.3 Å². The van der Waals surface area contributed by atoms with Crippen LogP contribution in [0.5, 0.6) is 17.2 Å². The zero-order valence-electron chi connectivity index (χ0n) is 13.1. The Bertz CT molecular complexity index is 661. The molecule has 9 nitrogen and oxygen atoms in total. The van der Waals surface area contributed by atoms with Gasteiger partial charge >= 0.3 is 5.97 Å². The number of hydrogen-bond acceptors (Lipinski definition) is 7. The molecule has 0 radical (unpaired) electrons. The van der Waals surface area contributed by atoms with Crippen LogP contribution in [-0.2, 0) is 11.3 Å². The number of carboxylic acid groups (broad SMARTS) is 1. The third-order valence-electron chi connectivity index (χ3n) is 3.22. The molecule has 1 N–H and O–H groups in total. The van der Waals surface area contributed by atoms with E-state index >= 15 is 0 Å². The Morgan fingerprint density at radius 1 is 1.17 bits per heavy atom. The van der Waals surface area contributed by atoms with Crippen LogP contribution in [0.2, 0.25) is 0 Å². The van der Waals surface area contributed by atoms with Gasteiger partial charge in [-0.3, -0.25) is 4.79 Å². The van der Waals surface area contributed by atoms with Crippen LogP contribution >= 0.6 is 0 Å². The van der Waals surface area contributed by atoms with Gasteiger partial charge in [-0.2, -0.15) is 0 Å². The van der Waals surface area contributed by atoms with Crippen molar-refractivity contribution >= 4 is 5.97 Å². The Hall–Kier alpha value is -2.84. The largest absolute Gasteiger partial charge is 0.493 e. The standard InChI is InChI=1S/C14H18N4O5/c1-21-10-7-9(8-11(22-2)13(10)23-3)14-15-16-17-18(14)6-4-5-12(19)20/h7-8H,4-6H2,1-3H3,(H,19,20). The molecule has 0 aliphatic carbocycles. The minimum Gasteiger partial charge on any atom is -0.493 e. The van der Waals surface area contributed by atoms with Gasteiger partial charge in [0.2, 0.25) is 5.75 Å². The Morgan fingerprint density at radius 2 is 1.83 bits per heavy atom. The summed E-state index contributed by atoms with van der Waals surface area (Å²) in [6, 6.07) is 3.47. The number of nitrogens with zero attached hydrogens (tertiary/aromatic N) is 4. The summed E-state index contributed by atoms with van der Waals surface area (Å²) in [6.07, 6.45) is 0.479. The van der Waals surface area contributed by atoms with Gasteiger partial charge in [-0.15, -0.1) is 5.10 Å². The summed E-state index contributed by atoms with van der Waals surface area (Å²) in [5.74, 6) is 1.09. The number of tetrazole rings is 1.